The second-order valence-corrected chi connectivity index (χ2v) is 5.89. The SMILES string of the molecule is O=C(O)c1cc2c(cc3n2C=CCc2ccccc2-3)s1. The van der Waals surface area contributed by atoms with Crippen molar-refractivity contribution in [2.24, 2.45) is 0 Å². The molecule has 0 saturated carbocycles. The molecule has 0 fully saturated rings. The largest absolute Gasteiger partial charge is 0.477 e. The molecule has 0 spiro atoms. The van der Waals surface area contributed by atoms with E-state index in [1.807, 2.05) is 12.3 Å². The molecular formula is C16H11NO2S. The third-order valence-electron chi connectivity index (χ3n) is 3.62. The number of aromatic nitrogens is 1. The van der Waals surface area contributed by atoms with Gasteiger partial charge in [0, 0.05) is 11.8 Å². The van der Waals surface area contributed by atoms with E-state index in [9.17, 15) is 4.79 Å². The summed E-state index contributed by atoms with van der Waals surface area (Å²) < 4.78 is 3.10. The Kier molecular flexibility index (Phi) is 2.35. The van der Waals surface area contributed by atoms with Crippen LogP contribution in [0.4, 0.5) is 0 Å². The minimum Gasteiger partial charge on any atom is -0.477 e. The molecule has 1 N–H and O–H groups in total. The lowest BCUT2D eigenvalue weighted by molar-refractivity contribution is 0.0702. The third-order valence-corrected chi connectivity index (χ3v) is 4.68. The summed E-state index contributed by atoms with van der Waals surface area (Å²) in [5, 5.41) is 9.10. The van der Waals surface area contributed by atoms with Crippen molar-refractivity contribution in [2.45, 2.75) is 6.42 Å². The van der Waals surface area contributed by atoms with Crippen LogP contribution in [0.25, 0.3) is 27.7 Å². The van der Waals surface area contributed by atoms with Gasteiger partial charge in [-0.1, -0.05) is 30.3 Å². The van der Waals surface area contributed by atoms with Crippen LogP contribution in [0.3, 0.4) is 0 Å². The van der Waals surface area contributed by atoms with E-state index >= 15 is 0 Å². The molecular weight excluding hydrogens is 270 g/mol. The molecule has 2 aromatic heterocycles. The maximum Gasteiger partial charge on any atom is 0.345 e. The van der Waals surface area contributed by atoms with Gasteiger partial charge < -0.3 is 9.67 Å². The number of rotatable bonds is 1. The van der Waals surface area contributed by atoms with Crippen LogP contribution in [-0.4, -0.2) is 15.6 Å². The minimum absolute atomic E-state index is 0.385. The molecule has 0 unspecified atom stereocenters. The van der Waals surface area contributed by atoms with Crippen molar-refractivity contribution in [3.63, 3.8) is 0 Å². The van der Waals surface area contributed by atoms with Crippen LogP contribution in [0.5, 0.6) is 0 Å². The Labute approximate surface area is 119 Å². The Morgan fingerprint density at radius 2 is 2.10 bits per heavy atom. The van der Waals surface area contributed by atoms with Crippen molar-refractivity contribution in [2.75, 3.05) is 0 Å². The number of carboxylic acids is 1. The molecule has 1 aromatic carbocycles. The highest BCUT2D eigenvalue weighted by Crippen LogP contribution is 2.36. The van der Waals surface area contributed by atoms with Gasteiger partial charge in [0.25, 0.3) is 0 Å². The average molecular weight is 281 g/mol. The quantitative estimate of drug-likeness (QED) is 0.729. The molecule has 4 rings (SSSR count). The Balaban J connectivity index is 2.03. The molecule has 1 aliphatic heterocycles. The monoisotopic (exact) mass is 281 g/mol. The summed E-state index contributed by atoms with van der Waals surface area (Å²) in [5.74, 6) is -0.862. The Morgan fingerprint density at radius 3 is 2.95 bits per heavy atom. The predicted molar refractivity (Wildman–Crippen MR) is 81.2 cm³/mol. The second-order valence-electron chi connectivity index (χ2n) is 4.81. The number of nitrogens with zero attached hydrogens (tertiary/aromatic N) is 1. The molecule has 0 aliphatic carbocycles. The van der Waals surface area contributed by atoms with E-state index in [1.54, 1.807) is 6.07 Å². The topological polar surface area (TPSA) is 42.2 Å². The first-order valence-corrected chi connectivity index (χ1v) is 7.19. The van der Waals surface area contributed by atoms with Gasteiger partial charge in [0.2, 0.25) is 0 Å². The van der Waals surface area contributed by atoms with Gasteiger partial charge in [0.15, 0.2) is 0 Å². The maximum atomic E-state index is 11.1. The standard InChI is InChI=1S/C16H11NO2S/c18-16(19)15-9-13-14(20-15)8-12-11-6-2-1-4-10(11)5-3-7-17(12)13/h1-4,6-9H,5H2,(H,18,19). The first kappa shape index (κ1) is 11.5. The van der Waals surface area contributed by atoms with Crippen molar-refractivity contribution in [1.82, 2.24) is 4.57 Å². The molecule has 20 heavy (non-hydrogen) atoms. The van der Waals surface area contributed by atoms with E-state index in [0.29, 0.717) is 4.88 Å². The number of allylic oxidation sites excluding steroid dienone is 1. The predicted octanol–water partition coefficient (Wildman–Crippen LogP) is 4.09. The van der Waals surface area contributed by atoms with E-state index < -0.39 is 5.97 Å². The number of carbonyl (C=O) groups is 1. The summed E-state index contributed by atoms with van der Waals surface area (Å²) in [6.45, 7) is 0. The highest BCUT2D eigenvalue weighted by Gasteiger charge is 2.18. The minimum atomic E-state index is -0.862. The molecule has 3 heterocycles. The van der Waals surface area contributed by atoms with Crippen molar-refractivity contribution >= 4 is 33.7 Å². The third kappa shape index (κ3) is 1.55. The zero-order valence-corrected chi connectivity index (χ0v) is 11.4. The number of benzene rings is 1. The molecule has 0 radical (unpaired) electrons. The molecule has 0 saturated heterocycles. The Bertz CT molecular complexity index is 870. The van der Waals surface area contributed by atoms with Crippen LogP contribution in [0.2, 0.25) is 0 Å². The van der Waals surface area contributed by atoms with Crippen molar-refractivity contribution in [1.29, 1.82) is 0 Å². The van der Waals surface area contributed by atoms with Crippen LogP contribution >= 0.6 is 11.3 Å². The Morgan fingerprint density at radius 1 is 1.25 bits per heavy atom. The number of carboxylic acid groups (broad SMARTS) is 1. The van der Waals surface area contributed by atoms with E-state index in [-0.39, 0.29) is 0 Å². The van der Waals surface area contributed by atoms with Gasteiger partial charge in [-0.2, -0.15) is 0 Å². The number of hydrogen-bond donors (Lipinski definition) is 1. The maximum absolute atomic E-state index is 11.1. The first-order valence-electron chi connectivity index (χ1n) is 6.37. The van der Waals surface area contributed by atoms with Crippen LogP contribution < -0.4 is 0 Å². The van der Waals surface area contributed by atoms with E-state index in [4.69, 9.17) is 5.11 Å². The Hall–Kier alpha value is -2.33. The number of aromatic carboxylic acids is 1. The fourth-order valence-corrected chi connectivity index (χ4v) is 3.64. The first-order chi connectivity index (χ1) is 9.74. The second kappa shape index (κ2) is 4.08. The summed E-state index contributed by atoms with van der Waals surface area (Å²) >= 11 is 1.33. The number of fused-ring (bicyclic) bond motifs is 5. The van der Waals surface area contributed by atoms with E-state index in [1.165, 1.54) is 22.5 Å². The smallest absolute Gasteiger partial charge is 0.345 e. The zero-order valence-electron chi connectivity index (χ0n) is 10.5. The van der Waals surface area contributed by atoms with Gasteiger partial charge >= 0.3 is 5.97 Å². The summed E-state index contributed by atoms with van der Waals surface area (Å²) in [6.07, 6.45) is 5.05. The number of hydrogen-bond acceptors (Lipinski definition) is 2. The van der Waals surface area contributed by atoms with Gasteiger partial charge in [-0.15, -0.1) is 11.3 Å². The van der Waals surface area contributed by atoms with Crippen molar-refractivity contribution < 1.29 is 9.90 Å². The van der Waals surface area contributed by atoms with Crippen LogP contribution in [0.15, 0.2) is 42.5 Å². The lowest BCUT2D eigenvalue weighted by atomic mass is 10.0. The van der Waals surface area contributed by atoms with Crippen LogP contribution in [-0.2, 0) is 6.42 Å². The van der Waals surface area contributed by atoms with Gasteiger partial charge in [-0.05, 0) is 24.1 Å². The molecule has 3 nitrogen and oxygen atoms in total. The lowest BCUT2D eigenvalue weighted by Gasteiger charge is -2.06. The fourth-order valence-electron chi connectivity index (χ4n) is 2.72. The van der Waals surface area contributed by atoms with Gasteiger partial charge in [0.05, 0.1) is 15.9 Å². The lowest BCUT2D eigenvalue weighted by Crippen LogP contribution is -1.92. The molecule has 1 aliphatic rings. The van der Waals surface area contributed by atoms with Gasteiger partial charge in [-0.3, -0.25) is 0 Å². The molecule has 0 amide bonds. The molecule has 0 atom stereocenters. The molecule has 98 valence electrons. The summed E-state index contributed by atoms with van der Waals surface area (Å²) in [7, 11) is 0. The highest BCUT2D eigenvalue weighted by atomic mass is 32.1. The van der Waals surface area contributed by atoms with Crippen LogP contribution in [0, 0.1) is 0 Å². The normalized spacial score (nSPS) is 13.0. The molecule has 4 heteroatoms. The van der Waals surface area contributed by atoms with Gasteiger partial charge in [0.1, 0.15) is 4.88 Å². The summed E-state index contributed by atoms with van der Waals surface area (Å²) in [4.78, 5) is 11.5. The fraction of sp³-hybridized carbons (Fsp3) is 0.0625. The summed E-state index contributed by atoms with van der Waals surface area (Å²) in [5.41, 5.74) is 4.62. The zero-order chi connectivity index (χ0) is 13.7. The average Bonchev–Trinajstić information content (AvgIpc) is 2.93. The van der Waals surface area contributed by atoms with Crippen molar-refractivity contribution in [3.8, 4) is 11.3 Å². The number of thiophene rings is 1. The highest BCUT2D eigenvalue weighted by molar-refractivity contribution is 7.20. The van der Waals surface area contributed by atoms with E-state index in [0.717, 1.165) is 22.3 Å². The van der Waals surface area contributed by atoms with Crippen LogP contribution in [0.1, 0.15) is 15.2 Å². The van der Waals surface area contributed by atoms with Crippen molar-refractivity contribution in [3.05, 3.63) is 52.9 Å². The van der Waals surface area contributed by atoms with E-state index in [2.05, 4.69) is 34.9 Å². The molecule has 3 aromatic rings. The van der Waals surface area contributed by atoms with Gasteiger partial charge in [-0.25, -0.2) is 4.79 Å². The molecule has 0 bridgehead atoms. The summed E-state index contributed by atoms with van der Waals surface area (Å²) in [6, 6.07) is 12.2.